The molecule has 4 heteroatoms. The largest absolute Gasteiger partial charge is 0.490 e. The normalized spacial score (nSPS) is 11.3. The van der Waals surface area contributed by atoms with Gasteiger partial charge in [-0.25, -0.2) is 0 Å². The maximum atomic E-state index is 12.9. The van der Waals surface area contributed by atoms with E-state index >= 15 is 0 Å². The van der Waals surface area contributed by atoms with E-state index < -0.39 is 0 Å². The van der Waals surface area contributed by atoms with Crippen LogP contribution in [-0.2, 0) is 0 Å². The van der Waals surface area contributed by atoms with Gasteiger partial charge in [0.05, 0.1) is 18.8 Å². The van der Waals surface area contributed by atoms with Crippen molar-refractivity contribution in [2.24, 2.45) is 0 Å². The number of unbranched alkanes of at least 4 members (excludes halogenated alkanes) is 16. The molecule has 0 radical (unpaired) electrons. The second kappa shape index (κ2) is 24.3. The molecule has 3 nitrogen and oxygen atoms in total. The van der Waals surface area contributed by atoms with Crippen LogP contribution in [0.3, 0.4) is 0 Å². The summed E-state index contributed by atoms with van der Waals surface area (Å²) in [6.07, 6.45) is 27.5. The molecule has 0 aromatic heterocycles. The second-order valence-corrected chi connectivity index (χ2v) is 12.4. The summed E-state index contributed by atoms with van der Waals surface area (Å²) in [5.41, 5.74) is 1.55. The van der Waals surface area contributed by atoms with Crippen molar-refractivity contribution in [3.63, 3.8) is 0 Å². The standard InChI is InChI=1S/C38H58O3S/c1-4-7-8-9-10-11-12-13-14-15-16-17-18-19-20-21-22-32-42-34-29-26-33(27-30-34)28-31-36(39)35-24-23-25-37(40-5-2)38(35)41-6-3/h23-31H,4-22,32H2,1-3H3. The van der Waals surface area contributed by atoms with Crippen LogP contribution in [0.25, 0.3) is 6.08 Å². The summed E-state index contributed by atoms with van der Waals surface area (Å²) >= 11 is 1.93. The summed E-state index contributed by atoms with van der Waals surface area (Å²) in [4.78, 5) is 14.2. The third kappa shape index (κ3) is 15.9. The molecule has 0 N–H and O–H groups in total. The van der Waals surface area contributed by atoms with Gasteiger partial charge in [0.25, 0.3) is 0 Å². The Bertz CT molecular complexity index is 982. The van der Waals surface area contributed by atoms with Gasteiger partial charge in [0.15, 0.2) is 17.3 Å². The summed E-state index contributed by atoms with van der Waals surface area (Å²) in [6, 6.07) is 13.9. The van der Waals surface area contributed by atoms with Crippen molar-refractivity contribution in [2.75, 3.05) is 19.0 Å². The topological polar surface area (TPSA) is 35.5 Å². The third-order valence-corrected chi connectivity index (χ3v) is 8.76. The SMILES string of the molecule is CCCCCCCCCCCCCCCCCCCSc1ccc(C=CC(=O)c2cccc(OCC)c2OCC)cc1. The Hall–Kier alpha value is -2.20. The van der Waals surface area contributed by atoms with Gasteiger partial charge in [-0.15, -0.1) is 11.8 Å². The Kier molecular flexibility index (Phi) is 20.8. The summed E-state index contributed by atoms with van der Waals surface area (Å²) < 4.78 is 11.4. The smallest absolute Gasteiger partial charge is 0.189 e. The summed E-state index contributed by atoms with van der Waals surface area (Å²) in [5, 5.41) is 0. The first-order valence-corrected chi connectivity index (χ1v) is 18.0. The minimum absolute atomic E-state index is 0.0859. The van der Waals surface area contributed by atoms with Gasteiger partial charge in [-0.3, -0.25) is 4.79 Å². The lowest BCUT2D eigenvalue weighted by atomic mass is 10.0. The number of para-hydroxylation sites is 1. The zero-order chi connectivity index (χ0) is 30.1. The zero-order valence-corrected chi connectivity index (χ0v) is 27.8. The van der Waals surface area contributed by atoms with E-state index in [4.69, 9.17) is 9.47 Å². The number of benzene rings is 2. The quantitative estimate of drug-likeness (QED) is 0.0470. The average molecular weight is 595 g/mol. The van der Waals surface area contributed by atoms with E-state index in [0.717, 1.165) is 5.56 Å². The van der Waals surface area contributed by atoms with Crippen LogP contribution in [0.2, 0.25) is 0 Å². The van der Waals surface area contributed by atoms with Crippen molar-refractivity contribution in [3.05, 3.63) is 59.7 Å². The lowest BCUT2D eigenvalue weighted by Crippen LogP contribution is -2.04. The molecule has 234 valence electrons. The molecule has 42 heavy (non-hydrogen) atoms. The molecule has 0 aliphatic heterocycles. The van der Waals surface area contributed by atoms with Crippen molar-refractivity contribution < 1.29 is 14.3 Å². The Morgan fingerprint density at radius 2 is 1.17 bits per heavy atom. The number of ketones is 1. The lowest BCUT2D eigenvalue weighted by Gasteiger charge is -2.13. The van der Waals surface area contributed by atoms with E-state index in [-0.39, 0.29) is 5.78 Å². The molecule has 2 rings (SSSR count). The van der Waals surface area contributed by atoms with Crippen LogP contribution in [-0.4, -0.2) is 24.7 Å². The van der Waals surface area contributed by atoms with Gasteiger partial charge in [0.1, 0.15) is 0 Å². The van der Waals surface area contributed by atoms with Crippen LogP contribution >= 0.6 is 11.8 Å². The molecule has 0 fully saturated rings. The molecule has 2 aromatic rings. The van der Waals surface area contributed by atoms with Gasteiger partial charge in [0.2, 0.25) is 0 Å². The number of thioether (sulfide) groups is 1. The maximum absolute atomic E-state index is 12.9. The lowest BCUT2D eigenvalue weighted by molar-refractivity contribution is 0.104. The van der Waals surface area contributed by atoms with Crippen molar-refractivity contribution in [2.45, 2.75) is 135 Å². The molecule has 0 atom stereocenters. The number of carbonyl (C=O) groups excluding carboxylic acids is 1. The van der Waals surface area contributed by atoms with E-state index in [1.807, 2.05) is 43.8 Å². The number of hydrogen-bond acceptors (Lipinski definition) is 4. The Morgan fingerprint density at radius 1 is 0.643 bits per heavy atom. The van der Waals surface area contributed by atoms with E-state index in [2.05, 4.69) is 31.2 Å². The third-order valence-electron chi connectivity index (χ3n) is 7.66. The van der Waals surface area contributed by atoms with Gasteiger partial charge in [-0.05, 0) is 61.9 Å². The van der Waals surface area contributed by atoms with Crippen molar-refractivity contribution >= 4 is 23.6 Å². The highest BCUT2D eigenvalue weighted by Gasteiger charge is 2.15. The molecular formula is C38H58O3S. The summed E-state index contributed by atoms with van der Waals surface area (Å²) in [6.45, 7) is 7.13. The van der Waals surface area contributed by atoms with Crippen LogP contribution in [0.15, 0.2) is 53.4 Å². The van der Waals surface area contributed by atoms with Crippen molar-refractivity contribution in [1.29, 1.82) is 0 Å². The molecule has 0 saturated carbocycles. The van der Waals surface area contributed by atoms with Crippen molar-refractivity contribution in [1.82, 2.24) is 0 Å². The number of rotatable bonds is 26. The van der Waals surface area contributed by atoms with Crippen LogP contribution in [0, 0.1) is 0 Å². The Labute approximate surface area is 262 Å². The number of hydrogen-bond donors (Lipinski definition) is 0. The summed E-state index contributed by atoms with van der Waals surface area (Å²) in [7, 11) is 0. The molecule has 0 aliphatic carbocycles. The molecular weight excluding hydrogens is 536 g/mol. The van der Waals surface area contributed by atoms with Crippen LogP contribution in [0.5, 0.6) is 11.5 Å². The highest BCUT2D eigenvalue weighted by Crippen LogP contribution is 2.32. The molecule has 0 bridgehead atoms. The molecule has 0 amide bonds. The maximum Gasteiger partial charge on any atom is 0.189 e. The van der Waals surface area contributed by atoms with E-state index in [1.54, 1.807) is 12.1 Å². The minimum Gasteiger partial charge on any atom is -0.490 e. The minimum atomic E-state index is -0.0859. The van der Waals surface area contributed by atoms with E-state index in [1.165, 1.54) is 120 Å². The van der Waals surface area contributed by atoms with E-state index in [0.29, 0.717) is 30.3 Å². The number of carbonyl (C=O) groups is 1. The van der Waals surface area contributed by atoms with Gasteiger partial charge in [-0.1, -0.05) is 134 Å². The average Bonchev–Trinajstić information content (AvgIpc) is 3.01. The monoisotopic (exact) mass is 594 g/mol. The first-order chi connectivity index (χ1) is 20.7. The molecule has 0 unspecified atom stereocenters. The fourth-order valence-electron chi connectivity index (χ4n) is 5.23. The number of allylic oxidation sites excluding steroid dienone is 1. The Morgan fingerprint density at radius 3 is 1.69 bits per heavy atom. The fourth-order valence-corrected chi connectivity index (χ4v) is 6.14. The number of ether oxygens (including phenoxy) is 2. The van der Waals surface area contributed by atoms with Gasteiger partial charge in [-0.2, -0.15) is 0 Å². The van der Waals surface area contributed by atoms with Crippen LogP contribution in [0.4, 0.5) is 0 Å². The molecule has 2 aromatic carbocycles. The highest BCUT2D eigenvalue weighted by molar-refractivity contribution is 7.99. The second-order valence-electron chi connectivity index (χ2n) is 11.3. The molecule has 0 heterocycles. The molecule has 0 saturated heterocycles. The fraction of sp³-hybridized carbons (Fsp3) is 0.605. The molecule has 0 spiro atoms. The summed E-state index contributed by atoms with van der Waals surface area (Å²) in [5.74, 6) is 2.22. The van der Waals surface area contributed by atoms with Gasteiger partial charge in [0, 0.05) is 4.90 Å². The predicted molar refractivity (Wildman–Crippen MR) is 183 cm³/mol. The highest BCUT2D eigenvalue weighted by atomic mass is 32.2. The van der Waals surface area contributed by atoms with Crippen LogP contribution in [0.1, 0.15) is 146 Å². The van der Waals surface area contributed by atoms with Gasteiger partial charge >= 0.3 is 0 Å². The van der Waals surface area contributed by atoms with Crippen molar-refractivity contribution in [3.8, 4) is 11.5 Å². The molecule has 0 aliphatic rings. The van der Waals surface area contributed by atoms with Gasteiger partial charge < -0.3 is 9.47 Å². The van der Waals surface area contributed by atoms with Crippen LogP contribution < -0.4 is 9.47 Å². The Balaban J connectivity index is 1.52. The predicted octanol–water partition coefficient (Wildman–Crippen LogP) is 12.1. The first-order valence-electron chi connectivity index (χ1n) is 17.0. The zero-order valence-electron chi connectivity index (χ0n) is 27.0. The first kappa shape index (κ1) is 36.0. The van der Waals surface area contributed by atoms with E-state index in [9.17, 15) is 4.79 Å².